The lowest BCUT2D eigenvalue weighted by Crippen LogP contribution is -2.36. The highest BCUT2D eigenvalue weighted by atomic mass is 16.7. The van der Waals surface area contributed by atoms with Crippen LogP contribution in [-0.2, 0) is 16.1 Å². The van der Waals surface area contributed by atoms with E-state index >= 15 is 0 Å². The molecule has 33 heavy (non-hydrogen) atoms. The number of nitrogens with zero attached hydrogens (tertiary/aromatic N) is 5. The summed E-state index contributed by atoms with van der Waals surface area (Å²) in [7, 11) is 0. The maximum absolute atomic E-state index is 13.3. The van der Waals surface area contributed by atoms with E-state index < -0.39 is 0 Å². The van der Waals surface area contributed by atoms with E-state index in [4.69, 9.17) is 4.84 Å². The third-order valence-electron chi connectivity index (χ3n) is 7.06. The Morgan fingerprint density at radius 3 is 2.55 bits per heavy atom. The minimum absolute atomic E-state index is 0.0295. The van der Waals surface area contributed by atoms with Gasteiger partial charge in [-0.25, -0.2) is 20.0 Å². The molecule has 0 spiro atoms. The van der Waals surface area contributed by atoms with Crippen LogP contribution in [0.2, 0.25) is 0 Å². The van der Waals surface area contributed by atoms with Gasteiger partial charge in [-0.3, -0.25) is 14.2 Å². The maximum atomic E-state index is 13.3. The summed E-state index contributed by atoms with van der Waals surface area (Å²) >= 11 is 0. The summed E-state index contributed by atoms with van der Waals surface area (Å²) in [5.41, 5.74) is 3.43. The summed E-state index contributed by atoms with van der Waals surface area (Å²) < 4.78 is 1.97. The van der Waals surface area contributed by atoms with Gasteiger partial charge in [-0.1, -0.05) is 29.8 Å². The van der Waals surface area contributed by atoms with Crippen molar-refractivity contribution < 1.29 is 9.63 Å². The van der Waals surface area contributed by atoms with Crippen LogP contribution < -0.4 is 0 Å². The summed E-state index contributed by atoms with van der Waals surface area (Å²) in [6, 6.07) is 10.5. The molecule has 1 aliphatic heterocycles. The van der Waals surface area contributed by atoms with E-state index in [0.29, 0.717) is 12.5 Å². The van der Waals surface area contributed by atoms with Crippen LogP contribution in [0.1, 0.15) is 60.8 Å². The van der Waals surface area contributed by atoms with E-state index in [1.165, 1.54) is 5.56 Å². The summed E-state index contributed by atoms with van der Waals surface area (Å²) in [5, 5.41) is 1.67. The van der Waals surface area contributed by atoms with Crippen molar-refractivity contribution in [3.8, 4) is 5.82 Å². The van der Waals surface area contributed by atoms with Crippen molar-refractivity contribution in [1.82, 2.24) is 24.6 Å². The third kappa shape index (κ3) is 4.69. The Hall–Kier alpha value is -3.06. The number of hydrogen-bond acceptors (Lipinski definition) is 5. The molecule has 2 aliphatic rings. The van der Waals surface area contributed by atoms with Gasteiger partial charge in [-0.15, -0.1) is 0 Å². The quantitative estimate of drug-likeness (QED) is 0.577. The van der Waals surface area contributed by atoms with Crippen LogP contribution in [0.4, 0.5) is 0 Å². The van der Waals surface area contributed by atoms with Gasteiger partial charge in [0.15, 0.2) is 0 Å². The Balaban J connectivity index is 1.19. The Morgan fingerprint density at radius 2 is 1.82 bits per heavy atom. The predicted molar refractivity (Wildman–Crippen MR) is 124 cm³/mol. The highest BCUT2D eigenvalue weighted by molar-refractivity contribution is 5.78. The first-order valence-electron chi connectivity index (χ1n) is 11.9. The lowest BCUT2D eigenvalue weighted by molar-refractivity contribution is -0.183. The summed E-state index contributed by atoms with van der Waals surface area (Å²) in [6.07, 6.45) is 11.0. The fourth-order valence-corrected chi connectivity index (χ4v) is 5.12. The lowest BCUT2D eigenvalue weighted by Gasteiger charge is -2.32. The normalized spacial score (nSPS) is 23.1. The predicted octanol–water partition coefficient (Wildman–Crippen LogP) is 4.53. The molecular weight excluding hydrogens is 414 g/mol. The monoisotopic (exact) mass is 445 g/mol. The Bertz CT molecular complexity index is 1100. The minimum Gasteiger partial charge on any atom is -0.288 e. The van der Waals surface area contributed by atoms with E-state index in [0.717, 1.165) is 61.4 Å². The number of hydroxylamine groups is 2. The largest absolute Gasteiger partial charge is 0.288 e. The standard InChI is InChI=1S/C26H31N5O2/c1-18-3-7-21(8-4-18)24-11-14-33-31(24)26(32)22-9-5-20(6-10-22)15-23-16-25(29-17-28-23)30-13-12-27-19(30)2/h3-4,7-8,12-13,16-17,20,22,24H,5-6,9-11,14-15H2,1-2H3/t20?,22?,24-/m0/s1. The van der Waals surface area contributed by atoms with Crippen molar-refractivity contribution in [2.24, 2.45) is 11.8 Å². The zero-order valence-corrected chi connectivity index (χ0v) is 19.4. The number of aryl methyl sites for hydroxylation is 2. The molecule has 0 unspecified atom stereocenters. The molecule has 0 radical (unpaired) electrons. The van der Waals surface area contributed by atoms with E-state index in [1.807, 2.05) is 17.7 Å². The highest BCUT2D eigenvalue weighted by Gasteiger charge is 2.37. The second kappa shape index (κ2) is 9.43. The molecule has 172 valence electrons. The summed E-state index contributed by atoms with van der Waals surface area (Å²) in [5.74, 6) is 2.49. The molecule has 0 N–H and O–H groups in total. The smallest absolute Gasteiger partial charge is 0.249 e. The first-order chi connectivity index (χ1) is 16.1. The molecule has 3 aromatic rings. The number of imidazole rings is 1. The van der Waals surface area contributed by atoms with Crippen LogP contribution in [0, 0.1) is 25.7 Å². The van der Waals surface area contributed by atoms with Crippen molar-refractivity contribution in [1.29, 1.82) is 0 Å². The van der Waals surface area contributed by atoms with Gasteiger partial charge in [-0.05, 0) is 57.4 Å². The van der Waals surface area contributed by atoms with Gasteiger partial charge >= 0.3 is 0 Å². The van der Waals surface area contributed by atoms with Crippen LogP contribution >= 0.6 is 0 Å². The molecule has 2 fully saturated rings. The second-order valence-electron chi connectivity index (χ2n) is 9.35. The maximum Gasteiger partial charge on any atom is 0.249 e. The zero-order valence-electron chi connectivity index (χ0n) is 19.4. The molecule has 2 aromatic heterocycles. The van der Waals surface area contributed by atoms with E-state index in [2.05, 4.69) is 52.2 Å². The lowest BCUT2D eigenvalue weighted by atomic mass is 9.79. The van der Waals surface area contributed by atoms with E-state index in [9.17, 15) is 4.79 Å². The minimum atomic E-state index is 0.0295. The highest BCUT2D eigenvalue weighted by Crippen LogP contribution is 2.37. The molecule has 3 heterocycles. The molecule has 1 aromatic carbocycles. The second-order valence-corrected chi connectivity index (χ2v) is 9.35. The van der Waals surface area contributed by atoms with Crippen molar-refractivity contribution in [3.63, 3.8) is 0 Å². The first-order valence-corrected chi connectivity index (χ1v) is 11.9. The number of rotatable bonds is 5. The average molecular weight is 446 g/mol. The van der Waals surface area contributed by atoms with Gasteiger partial charge in [0.25, 0.3) is 0 Å². The first kappa shape index (κ1) is 21.8. The number of benzene rings is 1. The van der Waals surface area contributed by atoms with Gasteiger partial charge in [0.2, 0.25) is 5.91 Å². The SMILES string of the molecule is Cc1ccc([C@@H]2CCON2C(=O)C2CCC(Cc3cc(-n4ccnc4C)ncn3)CC2)cc1. The third-order valence-corrected chi connectivity index (χ3v) is 7.06. The fraction of sp³-hybridized carbons (Fsp3) is 0.462. The Kier molecular flexibility index (Phi) is 6.22. The van der Waals surface area contributed by atoms with Crippen molar-refractivity contribution in [2.75, 3.05) is 6.61 Å². The molecular formula is C26H31N5O2. The Labute approximate surface area is 194 Å². The van der Waals surface area contributed by atoms with E-state index in [1.54, 1.807) is 17.6 Å². The van der Waals surface area contributed by atoms with Crippen LogP contribution in [0.5, 0.6) is 0 Å². The summed E-state index contributed by atoms with van der Waals surface area (Å²) in [4.78, 5) is 32.3. The molecule has 1 saturated carbocycles. The van der Waals surface area contributed by atoms with Gasteiger partial charge < -0.3 is 0 Å². The summed E-state index contributed by atoms with van der Waals surface area (Å²) in [6.45, 7) is 4.65. The van der Waals surface area contributed by atoms with E-state index in [-0.39, 0.29) is 17.9 Å². The van der Waals surface area contributed by atoms with Crippen molar-refractivity contribution >= 4 is 5.91 Å². The molecule has 1 atom stereocenters. The molecule has 7 heteroatoms. The molecule has 1 amide bonds. The molecule has 1 aliphatic carbocycles. The van der Waals surface area contributed by atoms with Crippen LogP contribution in [0.25, 0.3) is 5.82 Å². The number of aromatic nitrogens is 4. The van der Waals surface area contributed by atoms with Gasteiger partial charge in [0.1, 0.15) is 18.0 Å². The van der Waals surface area contributed by atoms with Crippen molar-refractivity contribution in [2.45, 2.75) is 58.4 Å². The number of hydrogen-bond donors (Lipinski definition) is 0. The number of carbonyl (C=O) groups is 1. The topological polar surface area (TPSA) is 73.1 Å². The molecule has 1 saturated heterocycles. The Morgan fingerprint density at radius 1 is 1.03 bits per heavy atom. The number of carbonyl (C=O) groups excluding carboxylic acids is 1. The average Bonchev–Trinajstić information content (AvgIpc) is 3.49. The molecule has 7 nitrogen and oxygen atoms in total. The van der Waals surface area contributed by atoms with Crippen LogP contribution in [-0.4, -0.2) is 37.1 Å². The van der Waals surface area contributed by atoms with Gasteiger partial charge in [0, 0.05) is 36.5 Å². The number of amides is 1. The van der Waals surface area contributed by atoms with Gasteiger partial charge in [-0.2, -0.15) is 0 Å². The molecule has 0 bridgehead atoms. The molecule has 5 rings (SSSR count). The fourth-order valence-electron chi connectivity index (χ4n) is 5.12. The zero-order chi connectivity index (χ0) is 22.8. The van der Waals surface area contributed by atoms with Crippen LogP contribution in [0.3, 0.4) is 0 Å². The van der Waals surface area contributed by atoms with Gasteiger partial charge in [0.05, 0.1) is 12.6 Å². The van der Waals surface area contributed by atoms with Crippen molar-refractivity contribution in [3.05, 3.63) is 71.7 Å². The van der Waals surface area contributed by atoms with Crippen LogP contribution in [0.15, 0.2) is 49.1 Å².